The summed E-state index contributed by atoms with van der Waals surface area (Å²) in [5, 5.41) is 8.80. The van der Waals surface area contributed by atoms with Gasteiger partial charge in [0.1, 0.15) is 6.04 Å². The summed E-state index contributed by atoms with van der Waals surface area (Å²) >= 11 is 0. The Hall–Kier alpha value is -3.76. The van der Waals surface area contributed by atoms with Crippen molar-refractivity contribution in [3.63, 3.8) is 0 Å². The standard InChI is InChI=1S/C32H46N6O4/c1-24(39)35-19-21-38(23-30(33)40)32(42)29(16-15-27-14-9-20-37(27)2)36-31(41)22-34-18-17-28(25-10-5-3-6-11-25)26-12-7-4-8-13-26/h3-8,10-13,27-29,34H,9,14-23H2,1-2H3,(H2,33,40)(H,35,39)(H,36,41)/t27-,29?/m0/s1. The third-order valence-electron chi connectivity index (χ3n) is 7.81. The van der Waals surface area contributed by atoms with E-state index in [0.717, 1.165) is 32.2 Å². The molecule has 10 heteroatoms. The van der Waals surface area contributed by atoms with Crippen molar-refractivity contribution < 1.29 is 19.2 Å². The van der Waals surface area contributed by atoms with E-state index in [1.54, 1.807) is 0 Å². The van der Waals surface area contributed by atoms with Crippen LogP contribution in [-0.4, -0.2) is 91.8 Å². The third kappa shape index (κ3) is 10.9. The van der Waals surface area contributed by atoms with Gasteiger partial charge in [-0.05, 0) is 63.4 Å². The highest BCUT2D eigenvalue weighted by Crippen LogP contribution is 2.27. The molecule has 228 valence electrons. The SMILES string of the molecule is CC(=O)NCCN(CC(N)=O)C(=O)C(CC[C@@H]1CCCN1C)NC(=O)CNCCC(c1ccccc1)c1ccccc1. The molecule has 0 aliphatic carbocycles. The highest BCUT2D eigenvalue weighted by atomic mass is 16.2. The lowest BCUT2D eigenvalue weighted by molar-refractivity contribution is -0.139. The fraction of sp³-hybridized carbons (Fsp3) is 0.500. The van der Waals surface area contributed by atoms with Crippen LogP contribution in [-0.2, 0) is 19.2 Å². The molecule has 0 saturated carbocycles. The van der Waals surface area contributed by atoms with Crippen LogP contribution in [0.2, 0.25) is 0 Å². The molecule has 2 aromatic rings. The number of primary amides is 1. The highest BCUT2D eigenvalue weighted by Gasteiger charge is 2.29. The lowest BCUT2D eigenvalue weighted by atomic mass is 9.88. The Balaban J connectivity index is 1.60. The molecule has 10 nitrogen and oxygen atoms in total. The monoisotopic (exact) mass is 578 g/mol. The van der Waals surface area contributed by atoms with Crippen LogP contribution >= 0.6 is 0 Å². The molecule has 1 fully saturated rings. The van der Waals surface area contributed by atoms with Crippen LogP contribution in [0.3, 0.4) is 0 Å². The van der Waals surface area contributed by atoms with Gasteiger partial charge in [-0.3, -0.25) is 19.2 Å². The van der Waals surface area contributed by atoms with E-state index in [1.165, 1.54) is 23.0 Å². The molecule has 0 bridgehead atoms. The maximum Gasteiger partial charge on any atom is 0.245 e. The van der Waals surface area contributed by atoms with Crippen LogP contribution in [0.15, 0.2) is 60.7 Å². The van der Waals surface area contributed by atoms with Gasteiger partial charge in [0.05, 0.1) is 13.1 Å². The third-order valence-corrected chi connectivity index (χ3v) is 7.81. The quantitative estimate of drug-likeness (QED) is 0.211. The summed E-state index contributed by atoms with van der Waals surface area (Å²) in [5.74, 6) is -1.36. The number of nitrogens with zero attached hydrogens (tertiary/aromatic N) is 2. The van der Waals surface area contributed by atoms with Gasteiger partial charge in [-0.15, -0.1) is 0 Å². The van der Waals surface area contributed by atoms with Gasteiger partial charge < -0.3 is 31.5 Å². The predicted molar refractivity (Wildman–Crippen MR) is 163 cm³/mol. The van der Waals surface area contributed by atoms with Gasteiger partial charge in [-0.25, -0.2) is 0 Å². The summed E-state index contributed by atoms with van der Waals surface area (Å²) in [6, 6.07) is 20.1. The molecule has 1 aliphatic heterocycles. The number of carbonyl (C=O) groups is 4. The van der Waals surface area contributed by atoms with Crippen molar-refractivity contribution >= 4 is 23.6 Å². The first-order valence-corrected chi connectivity index (χ1v) is 14.9. The second-order valence-corrected chi connectivity index (χ2v) is 11.0. The predicted octanol–water partition coefficient (Wildman–Crippen LogP) is 1.61. The molecule has 0 aromatic heterocycles. The van der Waals surface area contributed by atoms with E-state index in [-0.39, 0.29) is 49.8 Å². The van der Waals surface area contributed by atoms with E-state index in [4.69, 9.17) is 5.73 Å². The average Bonchev–Trinajstić information content (AvgIpc) is 3.39. The first kappa shape index (κ1) is 32.8. The molecular formula is C32H46N6O4. The number of carbonyl (C=O) groups excluding carboxylic acids is 4. The smallest absolute Gasteiger partial charge is 0.245 e. The normalized spacial score (nSPS) is 15.7. The molecule has 2 aromatic carbocycles. The number of nitrogens with two attached hydrogens (primary N) is 1. The highest BCUT2D eigenvalue weighted by molar-refractivity contribution is 5.90. The summed E-state index contributed by atoms with van der Waals surface area (Å²) in [7, 11) is 2.07. The first-order valence-electron chi connectivity index (χ1n) is 14.9. The molecule has 3 rings (SSSR count). The van der Waals surface area contributed by atoms with Gasteiger partial charge in [0.15, 0.2) is 0 Å². The number of nitrogens with one attached hydrogen (secondary N) is 3. The summed E-state index contributed by atoms with van der Waals surface area (Å²) in [6.07, 6.45) is 4.14. The second kappa shape index (κ2) is 17.3. The Morgan fingerprint density at radius 3 is 2.17 bits per heavy atom. The van der Waals surface area contributed by atoms with Crippen LogP contribution in [0.4, 0.5) is 0 Å². The topological polar surface area (TPSA) is 137 Å². The fourth-order valence-corrected chi connectivity index (χ4v) is 5.59. The largest absolute Gasteiger partial charge is 0.368 e. The summed E-state index contributed by atoms with van der Waals surface area (Å²) < 4.78 is 0. The van der Waals surface area contributed by atoms with Crippen molar-refractivity contribution in [3.8, 4) is 0 Å². The van der Waals surface area contributed by atoms with Gasteiger partial charge in [0.25, 0.3) is 0 Å². The average molecular weight is 579 g/mol. The van der Waals surface area contributed by atoms with E-state index < -0.39 is 11.9 Å². The molecule has 0 radical (unpaired) electrons. The van der Waals surface area contributed by atoms with Gasteiger partial charge in [0, 0.05) is 32.0 Å². The number of hydrogen-bond acceptors (Lipinski definition) is 6. The van der Waals surface area contributed by atoms with E-state index in [9.17, 15) is 19.2 Å². The molecule has 4 amide bonds. The zero-order valence-electron chi connectivity index (χ0n) is 24.9. The fourth-order valence-electron chi connectivity index (χ4n) is 5.59. The summed E-state index contributed by atoms with van der Waals surface area (Å²) in [5.41, 5.74) is 7.85. The van der Waals surface area contributed by atoms with Crippen molar-refractivity contribution in [1.29, 1.82) is 0 Å². The number of likely N-dealkylation sites (tertiary alicyclic amines) is 1. The molecule has 0 spiro atoms. The molecule has 1 saturated heterocycles. The molecule has 1 heterocycles. The lowest BCUT2D eigenvalue weighted by Gasteiger charge is -2.29. The van der Waals surface area contributed by atoms with E-state index in [2.05, 4.69) is 52.2 Å². The molecule has 42 heavy (non-hydrogen) atoms. The van der Waals surface area contributed by atoms with E-state index in [1.807, 2.05) is 36.4 Å². The molecule has 1 unspecified atom stereocenters. The minimum Gasteiger partial charge on any atom is -0.368 e. The van der Waals surface area contributed by atoms with Crippen LogP contribution < -0.4 is 21.7 Å². The number of amides is 4. The van der Waals surface area contributed by atoms with Crippen molar-refractivity contribution in [2.75, 3.05) is 46.3 Å². The Labute approximate surface area is 249 Å². The molecule has 5 N–H and O–H groups in total. The van der Waals surface area contributed by atoms with Gasteiger partial charge in [-0.1, -0.05) is 60.7 Å². The number of benzene rings is 2. The van der Waals surface area contributed by atoms with Crippen LogP contribution in [0.25, 0.3) is 0 Å². The summed E-state index contributed by atoms with van der Waals surface area (Å²) in [6.45, 7) is 3.09. The minimum absolute atomic E-state index is 0.0606. The van der Waals surface area contributed by atoms with Gasteiger partial charge in [-0.2, -0.15) is 0 Å². The maximum absolute atomic E-state index is 13.6. The van der Waals surface area contributed by atoms with Gasteiger partial charge in [0.2, 0.25) is 23.6 Å². The summed E-state index contributed by atoms with van der Waals surface area (Å²) in [4.78, 5) is 53.3. The second-order valence-electron chi connectivity index (χ2n) is 11.0. The van der Waals surface area contributed by atoms with Crippen LogP contribution in [0.5, 0.6) is 0 Å². The Bertz CT molecular complexity index is 1110. The molecule has 2 atom stereocenters. The lowest BCUT2D eigenvalue weighted by Crippen LogP contribution is -2.53. The Kier molecular flexibility index (Phi) is 13.5. The van der Waals surface area contributed by atoms with E-state index >= 15 is 0 Å². The van der Waals surface area contributed by atoms with Crippen molar-refractivity contribution in [2.45, 2.75) is 57.0 Å². The van der Waals surface area contributed by atoms with Gasteiger partial charge >= 0.3 is 0 Å². The molecule has 1 aliphatic rings. The Morgan fingerprint density at radius 2 is 1.62 bits per heavy atom. The number of rotatable bonds is 17. The first-order chi connectivity index (χ1) is 20.2. The van der Waals surface area contributed by atoms with Crippen molar-refractivity contribution in [3.05, 3.63) is 71.8 Å². The zero-order valence-corrected chi connectivity index (χ0v) is 24.9. The van der Waals surface area contributed by atoms with Crippen LogP contribution in [0, 0.1) is 0 Å². The van der Waals surface area contributed by atoms with Crippen molar-refractivity contribution in [2.24, 2.45) is 5.73 Å². The zero-order chi connectivity index (χ0) is 30.3. The number of hydrogen-bond donors (Lipinski definition) is 4. The Morgan fingerprint density at radius 1 is 0.976 bits per heavy atom. The van der Waals surface area contributed by atoms with Crippen molar-refractivity contribution in [1.82, 2.24) is 25.8 Å². The maximum atomic E-state index is 13.6. The van der Waals surface area contributed by atoms with E-state index in [0.29, 0.717) is 19.0 Å². The minimum atomic E-state index is -0.800. The molecular weight excluding hydrogens is 532 g/mol. The van der Waals surface area contributed by atoms with Crippen LogP contribution in [0.1, 0.15) is 56.1 Å².